The van der Waals surface area contributed by atoms with Gasteiger partial charge in [0.1, 0.15) is 6.54 Å². The van der Waals surface area contributed by atoms with Crippen LogP contribution in [0.25, 0.3) is 0 Å². The summed E-state index contributed by atoms with van der Waals surface area (Å²) < 4.78 is 4.35. The van der Waals surface area contributed by atoms with Crippen molar-refractivity contribution in [1.29, 1.82) is 0 Å². The van der Waals surface area contributed by atoms with Crippen LogP contribution in [0.4, 0.5) is 4.79 Å². The van der Waals surface area contributed by atoms with Crippen LogP contribution in [0.15, 0.2) is 25.6 Å². The molecule has 0 heterocycles. The average Bonchev–Trinajstić information content (AvgIpc) is 2.00. The van der Waals surface area contributed by atoms with E-state index in [-0.39, 0.29) is 6.54 Å². The third-order valence-corrected chi connectivity index (χ3v) is 1.02. The second-order valence-corrected chi connectivity index (χ2v) is 1.81. The molecule has 0 spiro atoms. The topological polar surface area (TPSA) is 72.6 Å². The lowest BCUT2D eigenvalue weighted by Crippen LogP contribution is -2.35. The molecule has 0 aromatic heterocycles. The van der Waals surface area contributed by atoms with Crippen LogP contribution in [-0.2, 0) is 9.53 Å². The second kappa shape index (κ2) is 4.95. The number of primary amides is 1. The van der Waals surface area contributed by atoms with Gasteiger partial charge in [-0.15, -0.1) is 0 Å². The molecule has 0 atom stereocenters. The number of nitrogens with zero attached hydrogens (tertiary/aromatic N) is 1. The maximum atomic E-state index is 10.7. The molecular weight excluding hydrogens is 160 g/mol. The number of carbonyl (C=O) groups is 2. The number of rotatable bonds is 4. The highest BCUT2D eigenvalue weighted by atomic mass is 16.5. The fraction of sp³-hybridized carbons (Fsp3) is 0.143. The summed E-state index contributed by atoms with van der Waals surface area (Å²) in [6, 6.07) is -0.758. The lowest BCUT2D eigenvalue weighted by atomic mass is 10.5. The standard InChI is InChI=1S/C7H10N2O3/c1-3-9(7(8)11)5-6(10)12-4-2/h3-4H,1-2,5H2,(H2,8,11). The van der Waals surface area contributed by atoms with Crippen molar-refractivity contribution >= 4 is 12.0 Å². The molecular formula is C7H10N2O3. The molecule has 0 aliphatic heterocycles. The molecule has 0 rings (SSSR count). The van der Waals surface area contributed by atoms with Gasteiger partial charge in [-0.2, -0.15) is 0 Å². The van der Waals surface area contributed by atoms with Crippen LogP contribution in [0, 0.1) is 0 Å². The molecule has 2 amide bonds. The minimum Gasteiger partial charge on any atom is -0.434 e. The summed E-state index contributed by atoms with van der Waals surface area (Å²) >= 11 is 0. The monoisotopic (exact) mass is 170 g/mol. The van der Waals surface area contributed by atoms with E-state index < -0.39 is 12.0 Å². The quantitative estimate of drug-likeness (QED) is 0.483. The van der Waals surface area contributed by atoms with Crippen LogP contribution in [0.5, 0.6) is 0 Å². The van der Waals surface area contributed by atoms with E-state index >= 15 is 0 Å². The van der Waals surface area contributed by atoms with E-state index in [4.69, 9.17) is 5.73 Å². The largest absolute Gasteiger partial charge is 0.434 e. The Morgan fingerprint density at radius 2 is 2.08 bits per heavy atom. The molecule has 0 aliphatic carbocycles. The number of hydrogen-bond donors (Lipinski definition) is 1. The Morgan fingerprint density at radius 1 is 1.50 bits per heavy atom. The summed E-state index contributed by atoms with van der Waals surface area (Å²) in [7, 11) is 0. The average molecular weight is 170 g/mol. The summed E-state index contributed by atoms with van der Waals surface area (Å²) in [5, 5.41) is 0. The predicted molar refractivity (Wildman–Crippen MR) is 42.8 cm³/mol. The molecule has 0 bridgehead atoms. The predicted octanol–water partition coefficient (Wildman–Crippen LogP) is 0.197. The van der Waals surface area contributed by atoms with Crippen molar-refractivity contribution in [3.63, 3.8) is 0 Å². The van der Waals surface area contributed by atoms with E-state index in [2.05, 4.69) is 17.9 Å². The summed E-state index contributed by atoms with van der Waals surface area (Å²) in [6.45, 7) is 6.20. The van der Waals surface area contributed by atoms with Crippen molar-refractivity contribution in [1.82, 2.24) is 4.90 Å². The van der Waals surface area contributed by atoms with E-state index in [1.54, 1.807) is 0 Å². The van der Waals surface area contributed by atoms with Crippen molar-refractivity contribution < 1.29 is 14.3 Å². The molecule has 0 saturated carbocycles. The highest BCUT2D eigenvalue weighted by Gasteiger charge is 2.10. The first-order chi connectivity index (χ1) is 5.61. The summed E-state index contributed by atoms with van der Waals surface area (Å²) in [5.41, 5.74) is 4.87. The SMILES string of the molecule is C=COC(=O)CN(C=C)C(N)=O. The fourth-order valence-corrected chi connectivity index (χ4v) is 0.502. The zero-order valence-corrected chi connectivity index (χ0v) is 6.53. The molecule has 0 aliphatic rings. The smallest absolute Gasteiger partial charge is 0.330 e. The lowest BCUT2D eigenvalue weighted by molar-refractivity contribution is -0.138. The first-order valence-corrected chi connectivity index (χ1v) is 3.10. The van der Waals surface area contributed by atoms with Crippen LogP contribution in [0.3, 0.4) is 0 Å². The minimum atomic E-state index is -0.758. The van der Waals surface area contributed by atoms with Gasteiger partial charge in [0, 0.05) is 6.20 Å². The summed E-state index contributed by atoms with van der Waals surface area (Å²) in [4.78, 5) is 22.2. The summed E-state index contributed by atoms with van der Waals surface area (Å²) in [6.07, 6.45) is 2.12. The van der Waals surface area contributed by atoms with Gasteiger partial charge in [0.05, 0.1) is 6.26 Å². The van der Waals surface area contributed by atoms with E-state index in [9.17, 15) is 9.59 Å². The van der Waals surface area contributed by atoms with Gasteiger partial charge in [0.25, 0.3) is 0 Å². The molecule has 5 nitrogen and oxygen atoms in total. The Kier molecular flexibility index (Phi) is 4.21. The van der Waals surface area contributed by atoms with Gasteiger partial charge in [0.15, 0.2) is 0 Å². The number of carbonyl (C=O) groups excluding carboxylic acids is 2. The van der Waals surface area contributed by atoms with E-state index in [1.807, 2.05) is 0 Å². The van der Waals surface area contributed by atoms with Crippen LogP contribution in [-0.4, -0.2) is 23.4 Å². The van der Waals surface area contributed by atoms with Crippen molar-refractivity contribution in [2.75, 3.05) is 6.54 Å². The number of esters is 1. The van der Waals surface area contributed by atoms with Gasteiger partial charge >= 0.3 is 12.0 Å². The molecule has 66 valence electrons. The van der Waals surface area contributed by atoms with E-state index in [0.29, 0.717) is 0 Å². The van der Waals surface area contributed by atoms with E-state index in [1.165, 1.54) is 0 Å². The third-order valence-electron chi connectivity index (χ3n) is 1.02. The molecule has 5 heteroatoms. The van der Waals surface area contributed by atoms with Crippen molar-refractivity contribution in [2.45, 2.75) is 0 Å². The maximum Gasteiger partial charge on any atom is 0.330 e. The van der Waals surface area contributed by atoms with Crippen LogP contribution in [0.2, 0.25) is 0 Å². The molecule has 0 unspecified atom stereocenters. The Balaban J connectivity index is 4.02. The Morgan fingerprint density at radius 3 is 2.42 bits per heavy atom. The van der Waals surface area contributed by atoms with Gasteiger partial charge in [-0.05, 0) is 0 Å². The zero-order valence-electron chi connectivity index (χ0n) is 6.53. The first-order valence-electron chi connectivity index (χ1n) is 3.10. The number of hydrogen-bond acceptors (Lipinski definition) is 3. The van der Waals surface area contributed by atoms with Gasteiger partial charge < -0.3 is 10.5 Å². The zero-order chi connectivity index (χ0) is 9.56. The lowest BCUT2D eigenvalue weighted by Gasteiger charge is -2.12. The molecule has 0 fully saturated rings. The Labute approximate surface area is 70.1 Å². The molecule has 12 heavy (non-hydrogen) atoms. The summed E-state index contributed by atoms with van der Waals surface area (Å²) in [5.74, 6) is -0.622. The maximum absolute atomic E-state index is 10.7. The van der Waals surface area contributed by atoms with E-state index in [0.717, 1.165) is 17.4 Å². The van der Waals surface area contributed by atoms with Gasteiger partial charge in [-0.1, -0.05) is 13.2 Å². The first kappa shape index (κ1) is 10.2. The van der Waals surface area contributed by atoms with Gasteiger partial charge in [-0.3, -0.25) is 4.90 Å². The Bertz CT molecular complexity index is 213. The number of urea groups is 1. The van der Waals surface area contributed by atoms with Crippen LogP contribution in [0.1, 0.15) is 0 Å². The molecule has 0 aromatic rings. The highest BCUT2D eigenvalue weighted by Crippen LogP contribution is 1.89. The minimum absolute atomic E-state index is 0.259. The van der Waals surface area contributed by atoms with Crippen molar-refractivity contribution in [2.24, 2.45) is 5.73 Å². The van der Waals surface area contributed by atoms with Gasteiger partial charge in [-0.25, -0.2) is 9.59 Å². The number of amides is 2. The van der Waals surface area contributed by atoms with Gasteiger partial charge in [0.2, 0.25) is 0 Å². The molecule has 2 N–H and O–H groups in total. The van der Waals surface area contributed by atoms with Crippen LogP contribution >= 0.6 is 0 Å². The van der Waals surface area contributed by atoms with Crippen molar-refractivity contribution in [3.05, 3.63) is 25.6 Å². The number of nitrogens with two attached hydrogens (primary N) is 1. The normalized spacial score (nSPS) is 8.33. The third kappa shape index (κ3) is 3.40. The van der Waals surface area contributed by atoms with Crippen LogP contribution < -0.4 is 5.73 Å². The highest BCUT2D eigenvalue weighted by molar-refractivity contribution is 5.80. The molecule has 0 aromatic carbocycles. The van der Waals surface area contributed by atoms with Crippen molar-refractivity contribution in [3.8, 4) is 0 Å². The Hall–Kier alpha value is -1.78. The molecule has 0 saturated heterocycles. The molecule has 0 radical (unpaired) electrons. The fourth-order valence-electron chi connectivity index (χ4n) is 0.502. The number of ether oxygens (including phenoxy) is 1. The second-order valence-electron chi connectivity index (χ2n) is 1.81.